The van der Waals surface area contributed by atoms with Crippen LogP contribution in [-0.2, 0) is 14.8 Å². The Morgan fingerprint density at radius 3 is 2.90 bits per heavy atom. The van der Waals surface area contributed by atoms with Crippen molar-refractivity contribution in [3.63, 3.8) is 0 Å². The average molecular weight is 314 g/mol. The molecule has 1 saturated heterocycles. The van der Waals surface area contributed by atoms with Crippen molar-refractivity contribution in [3.05, 3.63) is 24.3 Å². The van der Waals surface area contributed by atoms with Crippen molar-refractivity contribution in [2.45, 2.75) is 19.4 Å². The Hall–Kier alpha value is -1.31. The number of benzene rings is 1. The van der Waals surface area contributed by atoms with E-state index in [1.165, 1.54) is 4.31 Å². The second kappa shape index (κ2) is 7.11. The number of sulfonamides is 1. The molecule has 2 rings (SSSR count). The summed E-state index contributed by atoms with van der Waals surface area (Å²) in [5.41, 5.74) is 6.26. The molecule has 0 aliphatic carbocycles. The number of ether oxygens (including phenoxy) is 2. The Morgan fingerprint density at radius 2 is 2.19 bits per heavy atom. The predicted octanol–water partition coefficient (Wildman–Crippen LogP) is 1.09. The zero-order chi connectivity index (χ0) is 15.3. The summed E-state index contributed by atoms with van der Waals surface area (Å²) in [5.74, 6) is 0.458. The molecular weight excluding hydrogens is 292 g/mol. The molecule has 1 atom stereocenters. The molecule has 2 N–H and O–H groups in total. The zero-order valence-electron chi connectivity index (χ0n) is 12.2. The Bertz CT molecular complexity index is 562. The first-order valence-corrected chi connectivity index (χ1v) is 8.70. The number of hydrogen-bond acceptors (Lipinski definition) is 5. The molecule has 1 unspecified atom stereocenters. The highest BCUT2D eigenvalue weighted by Gasteiger charge is 2.31. The fraction of sp³-hybridized carbons (Fsp3) is 0.571. The summed E-state index contributed by atoms with van der Waals surface area (Å²) in [4.78, 5) is 0. The molecule has 0 amide bonds. The fourth-order valence-electron chi connectivity index (χ4n) is 2.31. The van der Waals surface area contributed by atoms with Gasteiger partial charge in [0.1, 0.15) is 12.4 Å². The van der Waals surface area contributed by atoms with Gasteiger partial charge < -0.3 is 15.2 Å². The van der Waals surface area contributed by atoms with Crippen molar-refractivity contribution in [1.29, 1.82) is 0 Å². The lowest BCUT2D eigenvalue weighted by atomic mass is 10.2. The van der Waals surface area contributed by atoms with E-state index < -0.39 is 10.0 Å². The van der Waals surface area contributed by atoms with Crippen LogP contribution in [0.3, 0.4) is 0 Å². The van der Waals surface area contributed by atoms with Crippen LogP contribution in [-0.4, -0.2) is 50.9 Å². The van der Waals surface area contributed by atoms with Crippen molar-refractivity contribution < 1.29 is 17.9 Å². The second-order valence-corrected chi connectivity index (χ2v) is 6.99. The minimum atomic E-state index is -3.34. The van der Waals surface area contributed by atoms with E-state index in [9.17, 15) is 8.42 Å². The van der Waals surface area contributed by atoms with Gasteiger partial charge in [0.25, 0.3) is 0 Å². The van der Waals surface area contributed by atoms with Gasteiger partial charge >= 0.3 is 0 Å². The number of nitrogen functional groups attached to an aromatic ring is 1. The van der Waals surface area contributed by atoms with Crippen molar-refractivity contribution in [2.24, 2.45) is 0 Å². The first kappa shape index (κ1) is 16.1. The molecule has 1 fully saturated rings. The molecule has 1 aromatic carbocycles. The van der Waals surface area contributed by atoms with Crippen molar-refractivity contribution in [3.8, 4) is 5.75 Å². The lowest BCUT2D eigenvalue weighted by Crippen LogP contribution is -2.49. The lowest BCUT2D eigenvalue weighted by molar-refractivity contribution is 0.0313. The predicted molar refractivity (Wildman–Crippen MR) is 81.7 cm³/mol. The SMILES string of the molecule is CCC1COCCN1S(=O)(=O)CCOc1ccccc1N. The Balaban J connectivity index is 1.93. The third kappa shape index (κ3) is 4.09. The molecule has 1 aromatic rings. The highest BCUT2D eigenvalue weighted by atomic mass is 32.2. The molecular formula is C14H22N2O4S. The molecule has 0 aromatic heterocycles. The van der Waals surface area contributed by atoms with Gasteiger partial charge in [-0.2, -0.15) is 4.31 Å². The molecule has 0 saturated carbocycles. The van der Waals surface area contributed by atoms with Crippen molar-refractivity contribution in [1.82, 2.24) is 4.31 Å². The maximum atomic E-state index is 12.4. The molecule has 7 heteroatoms. The molecule has 0 radical (unpaired) electrons. The van der Waals surface area contributed by atoms with Gasteiger partial charge in [0, 0.05) is 12.6 Å². The maximum Gasteiger partial charge on any atom is 0.217 e. The molecule has 1 heterocycles. The number of hydrogen-bond donors (Lipinski definition) is 1. The number of para-hydroxylation sites is 2. The van der Waals surface area contributed by atoms with Crippen LogP contribution in [0.15, 0.2) is 24.3 Å². The molecule has 1 aliphatic heterocycles. The van der Waals surface area contributed by atoms with Crippen LogP contribution in [0.2, 0.25) is 0 Å². The summed E-state index contributed by atoms with van der Waals surface area (Å²) in [6, 6.07) is 6.98. The summed E-state index contributed by atoms with van der Waals surface area (Å²) in [6.45, 7) is 3.37. The largest absolute Gasteiger partial charge is 0.490 e. The first-order valence-electron chi connectivity index (χ1n) is 7.09. The van der Waals surface area contributed by atoms with E-state index in [1.807, 2.05) is 6.92 Å². The summed E-state index contributed by atoms with van der Waals surface area (Å²) in [6.07, 6.45) is 0.742. The maximum absolute atomic E-state index is 12.4. The number of rotatable bonds is 6. The van der Waals surface area contributed by atoms with E-state index in [0.29, 0.717) is 31.2 Å². The quantitative estimate of drug-likeness (QED) is 0.795. The number of nitrogens with zero attached hydrogens (tertiary/aromatic N) is 1. The van der Waals surface area contributed by atoms with Crippen LogP contribution < -0.4 is 10.5 Å². The molecule has 6 nitrogen and oxygen atoms in total. The van der Waals surface area contributed by atoms with Gasteiger partial charge in [-0.25, -0.2) is 8.42 Å². The highest BCUT2D eigenvalue weighted by Crippen LogP contribution is 2.20. The smallest absolute Gasteiger partial charge is 0.217 e. The number of morpholine rings is 1. The van der Waals surface area contributed by atoms with E-state index in [4.69, 9.17) is 15.2 Å². The summed E-state index contributed by atoms with van der Waals surface area (Å²) in [7, 11) is -3.34. The molecule has 118 valence electrons. The molecule has 21 heavy (non-hydrogen) atoms. The number of anilines is 1. The van der Waals surface area contributed by atoms with E-state index in [0.717, 1.165) is 6.42 Å². The lowest BCUT2D eigenvalue weighted by Gasteiger charge is -2.33. The van der Waals surface area contributed by atoms with Gasteiger partial charge in [0.05, 0.1) is 24.7 Å². The topological polar surface area (TPSA) is 81.9 Å². The first-order chi connectivity index (χ1) is 10.0. The van der Waals surface area contributed by atoms with Crippen LogP contribution in [0, 0.1) is 0 Å². The van der Waals surface area contributed by atoms with Crippen LogP contribution in [0.5, 0.6) is 5.75 Å². The van der Waals surface area contributed by atoms with Gasteiger partial charge in [-0.15, -0.1) is 0 Å². The third-order valence-corrected chi connectivity index (χ3v) is 5.40. The summed E-state index contributed by atoms with van der Waals surface area (Å²) < 4.78 is 37.1. The fourth-order valence-corrected chi connectivity index (χ4v) is 3.86. The van der Waals surface area contributed by atoms with Gasteiger partial charge in [0.2, 0.25) is 10.0 Å². The van der Waals surface area contributed by atoms with E-state index in [2.05, 4.69) is 0 Å². The summed E-state index contributed by atoms with van der Waals surface area (Å²) >= 11 is 0. The van der Waals surface area contributed by atoms with Crippen LogP contribution in [0.1, 0.15) is 13.3 Å². The third-order valence-electron chi connectivity index (χ3n) is 3.52. The minimum Gasteiger partial charge on any atom is -0.490 e. The Morgan fingerprint density at radius 1 is 1.43 bits per heavy atom. The van der Waals surface area contributed by atoms with Gasteiger partial charge in [0.15, 0.2) is 0 Å². The van der Waals surface area contributed by atoms with Crippen LogP contribution >= 0.6 is 0 Å². The van der Waals surface area contributed by atoms with E-state index in [-0.39, 0.29) is 18.4 Å². The van der Waals surface area contributed by atoms with Gasteiger partial charge in [-0.05, 0) is 18.6 Å². The van der Waals surface area contributed by atoms with E-state index in [1.54, 1.807) is 24.3 Å². The standard InChI is InChI=1S/C14H22N2O4S/c1-2-12-11-19-8-7-16(12)21(17,18)10-9-20-14-6-4-3-5-13(14)15/h3-6,12H,2,7-11,15H2,1H3. The van der Waals surface area contributed by atoms with Crippen molar-refractivity contribution >= 4 is 15.7 Å². The van der Waals surface area contributed by atoms with Crippen molar-refractivity contribution in [2.75, 3.05) is 37.9 Å². The van der Waals surface area contributed by atoms with Gasteiger partial charge in [-0.3, -0.25) is 0 Å². The summed E-state index contributed by atoms with van der Waals surface area (Å²) in [5, 5.41) is 0. The molecule has 0 bridgehead atoms. The monoisotopic (exact) mass is 314 g/mol. The van der Waals surface area contributed by atoms with E-state index >= 15 is 0 Å². The Kier molecular flexibility index (Phi) is 5.44. The van der Waals surface area contributed by atoms with Gasteiger partial charge in [-0.1, -0.05) is 19.1 Å². The second-order valence-electron chi connectivity index (χ2n) is 4.95. The molecule has 1 aliphatic rings. The number of nitrogens with two attached hydrogens (primary N) is 1. The van der Waals surface area contributed by atoms with Crippen LogP contribution in [0.25, 0.3) is 0 Å². The minimum absolute atomic E-state index is 0.0577. The van der Waals surface area contributed by atoms with Crippen LogP contribution in [0.4, 0.5) is 5.69 Å². The Labute approximate surface area is 125 Å². The normalized spacial score (nSPS) is 20.3. The average Bonchev–Trinajstić information content (AvgIpc) is 2.49. The highest BCUT2D eigenvalue weighted by molar-refractivity contribution is 7.89. The molecule has 0 spiro atoms. The zero-order valence-corrected chi connectivity index (χ0v) is 13.0.